The highest BCUT2D eigenvalue weighted by Crippen LogP contribution is 2.20. The molecule has 0 saturated heterocycles. The lowest BCUT2D eigenvalue weighted by molar-refractivity contribution is 0.102. The average Bonchev–Trinajstić information content (AvgIpc) is 2.65. The molecular weight excluding hydrogens is 370 g/mol. The Balaban J connectivity index is 1.98. The first-order chi connectivity index (χ1) is 13.0. The van der Waals surface area contributed by atoms with Crippen LogP contribution < -0.4 is 21.3 Å². The molecule has 138 valence electrons. The molecule has 2 aromatic carbocycles. The van der Waals surface area contributed by atoms with E-state index in [1.807, 2.05) is 6.92 Å². The van der Waals surface area contributed by atoms with Crippen molar-refractivity contribution in [2.24, 2.45) is 0 Å². The van der Waals surface area contributed by atoms with Gasteiger partial charge < -0.3 is 15.0 Å². The van der Waals surface area contributed by atoms with Gasteiger partial charge in [-0.2, -0.15) is 0 Å². The number of ether oxygens (including phenoxy) is 1. The van der Waals surface area contributed by atoms with Gasteiger partial charge in [-0.25, -0.2) is 9.36 Å². The molecule has 0 aliphatic heterocycles. The number of halogens is 1. The molecule has 3 aromatic rings. The van der Waals surface area contributed by atoms with Crippen molar-refractivity contribution in [2.45, 2.75) is 6.92 Å². The molecule has 3 rings (SSSR count). The molecule has 27 heavy (non-hydrogen) atoms. The molecule has 0 aliphatic carbocycles. The largest absolute Gasteiger partial charge is 0.494 e. The minimum atomic E-state index is -0.743. The van der Waals surface area contributed by atoms with Gasteiger partial charge in [-0.05, 0) is 43.3 Å². The lowest BCUT2D eigenvalue weighted by Crippen LogP contribution is -2.38. The average molecular weight is 386 g/mol. The smallest absolute Gasteiger partial charge is 0.333 e. The zero-order valence-electron chi connectivity index (χ0n) is 14.4. The van der Waals surface area contributed by atoms with Crippen molar-refractivity contribution in [3.05, 3.63) is 86.2 Å². The van der Waals surface area contributed by atoms with Crippen LogP contribution in [0.1, 0.15) is 17.3 Å². The number of H-pyrrole nitrogens is 1. The summed E-state index contributed by atoms with van der Waals surface area (Å²) in [6.07, 6.45) is 1.09. The molecule has 0 spiro atoms. The summed E-state index contributed by atoms with van der Waals surface area (Å²) in [7, 11) is 0. The van der Waals surface area contributed by atoms with Crippen LogP contribution in [0.15, 0.2) is 64.3 Å². The summed E-state index contributed by atoms with van der Waals surface area (Å²) >= 11 is 6.02. The Morgan fingerprint density at radius 2 is 1.85 bits per heavy atom. The van der Waals surface area contributed by atoms with Crippen molar-refractivity contribution in [3.8, 4) is 11.4 Å². The molecule has 0 atom stereocenters. The number of aromatic amines is 1. The van der Waals surface area contributed by atoms with Gasteiger partial charge in [0.1, 0.15) is 11.3 Å². The molecule has 1 heterocycles. The molecule has 8 heteroatoms. The summed E-state index contributed by atoms with van der Waals surface area (Å²) in [6, 6.07) is 13.1. The van der Waals surface area contributed by atoms with E-state index in [0.717, 1.165) is 10.8 Å². The van der Waals surface area contributed by atoms with E-state index in [0.29, 0.717) is 28.8 Å². The number of para-hydroxylation sites is 1. The summed E-state index contributed by atoms with van der Waals surface area (Å²) < 4.78 is 6.23. The standard InChI is InChI=1S/C19H16ClN3O4/c1-2-27-13-9-7-12(8-10-13)23-18(25)14(11-21-19(23)26)17(24)22-16-6-4-3-5-15(16)20/h3-11H,2H2,1H3,(H,21,26)(H,22,24). The van der Waals surface area contributed by atoms with E-state index in [9.17, 15) is 14.4 Å². The lowest BCUT2D eigenvalue weighted by atomic mass is 10.2. The molecule has 0 unspecified atom stereocenters. The molecule has 2 N–H and O–H groups in total. The van der Waals surface area contributed by atoms with E-state index in [4.69, 9.17) is 16.3 Å². The second-order valence-corrected chi connectivity index (χ2v) is 5.92. The first-order valence-corrected chi connectivity index (χ1v) is 8.53. The predicted molar refractivity (Wildman–Crippen MR) is 103 cm³/mol. The Morgan fingerprint density at radius 1 is 1.15 bits per heavy atom. The Hall–Kier alpha value is -3.32. The number of nitrogens with one attached hydrogen (secondary N) is 2. The van der Waals surface area contributed by atoms with Crippen LogP contribution in [0.25, 0.3) is 5.69 Å². The number of amides is 1. The van der Waals surface area contributed by atoms with E-state index in [2.05, 4.69) is 10.3 Å². The number of carbonyl (C=O) groups excluding carboxylic acids is 1. The van der Waals surface area contributed by atoms with Crippen molar-refractivity contribution in [2.75, 3.05) is 11.9 Å². The number of hydrogen-bond donors (Lipinski definition) is 2. The fourth-order valence-corrected chi connectivity index (χ4v) is 2.66. The highest BCUT2D eigenvalue weighted by atomic mass is 35.5. The van der Waals surface area contributed by atoms with Gasteiger partial charge in [0, 0.05) is 6.20 Å². The zero-order chi connectivity index (χ0) is 19.4. The van der Waals surface area contributed by atoms with Crippen LogP contribution in [-0.4, -0.2) is 22.1 Å². The van der Waals surface area contributed by atoms with Gasteiger partial charge in [0.2, 0.25) is 0 Å². The van der Waals surface area contributed by atoms with Crippen molar-refractivity contribution >= 4 is 23.2 Å². The number of benzene rings is 2. The second kappa shape index (κ2) is 7.92. The summed E-state index contributed by atoms with van der Waals surface area (Å²) in [6.45, 7) is 2.35. The SMILES string of the molecule is CCOc1ccc(-n2c(=O)[nH]cc(C(=O)Nc3ccccc3Cl)c2=O)cc1. The topological polar surface area (TPSA) is 93.2 Å². The molecule has 7 nitrogen and oxygen atoms in total. The van der Waals surface area contributed by atoms with Gasteiger partial charge in [0.05, 0.1) is 23.0 Å². The first kappa shape index (κ1) is 18.5. The van der Waals surface area contributed by atoms with Crippen LogP contribution in [-0.2, 0) is 0 Å². The fourth-order valence-electron chi connectivity index (χ4n) is 2.48. The number of nitrogens with zero attached hydrogens (tertiary/aromatic N) is 1. The number of carbonyl (C=O) groups is 1. The van der Waals surface area contributed by atoms with Crippen LogP contribution in [0.5, 0.6) is 5.75 Å². The maximum absolute atomic E-state index is 12.7. The Morgan fingerprint density at radius 3 is 2.52 bits per heavy atom. The molecule has 0 radical (unpaired) electrons. The summed E-state index contributed by atoms with van der Waals surface area (Å²) in [4.78, 5) is 39.8. The highest BCUT2D eigenvalue weighted by Gasteiger charge is 2.17. The van der Waals surface area contributed by atoms with Crippen LogP contribution in [0, 0.1) is 0 Å². The van der Waals surface area contributed by atoms with Crippen LogP contribution in [0.3, 0.4) is 0 Å². The van der Waals surface area contributed by atoms with Crippen LogP contribution >= 0.6 is 11.6 Å². The summed E-state index contributed by atoms with van der Waals surface area (Å²) in [5.41, 5.74) is -0.936. The van der Waals surface area contributed by atoms with Crippen molar-refractivity contribution < 1.29 is 9.53 Å². The van der Waals surface area contributed by atoms with Gasteiger partial charge >= 0.3 is 5.69 Å². The lowest BCUT2D eigenvalue weighted by Gasteiger charge is -2.09. The summed E-state index contributed by atoms with van der Waals surface area (Å²) in [5, 5.41) is 2.90. The van der Waals surface area contributed by atoms with E-state index in [-0.39, 0.29) is 5.56 Å². The monoisotopic (exact) mass is 385 g/mol. The number of aromatic nitrogens is 2. The van der Waals surface area contributed by atoms with Gasteiger partial charge in [-0.1, -0.05) is 23.7 Å². The molecule has 1 amide bonds. The third-order valence-electron chi connectivity index (χ3n) is 3.75. The molecule has 0 aliphatic rings. The number of anilines is 1. The van der Waals surface area contributed by atoms with Crippen molar-refractivity contribution in [3.63, 3.8) is 0 Å². The van der Waals surface area contributed by atoms with E-state index < -0.39 is 17.2 Å². The van der Waals surface area contributed by atoms with Crippen LogP contribution in [0.4, 0.5) is 5.69 Å². The van der Waals surface area contributed by atoms with E-state index >= 15 is 0 Å². The maximum Gasteiger partial charge on any atom is 0.333 e. The third kappa shape index (κ3) is 3.93. The third-order valence-corrected chi connectivity index (χ3v) is 4.08. The van der Waals surface area contributed by atoms with Crippen LogP contribution in [0.2, 0.25) is 5.02 Å². The maximum atomic E-state index is 12.7. The van der Waals surface area contributed by atoms with Gasteiger partial charge in [-0.15, -0.1) is 0 Å². The molecule has 0 fully saturated rings. The molecule has 0 bridgehead atoms. The molecule has 1 aromatic heterocycles. The highest BCUT2D eigenvalue weighted by molar-refractivity contribution is 6.33. The van der Waals surface area contributed by atoms with Gasteiger partial charge in [0.15, 0.2) is 0 Å². The Labute approximate surface area is 159 Å². The summed E-state index contributed by atoms with van der Waals surface area (Å²) in [5.74, 6) is -0.0672. The minimum absolute atomic E-state index is 0.219. The number of hydrogen-bond acceptors (Lipinski definition) is 4. The normalized spacial score (nSPS) is 10.4. The zero-order valence-corrected chi connectivity index (χ0v) is 15.1. The van der Waals surface area contributed by atoms with Gasteiger partial charge in [-0.3, -0.25) is 9.59 Å². The Kier molecular flexibility index (Phi) is 5.42. The molecular formula is C19H16ClN3O4. The quantitative estimate of drug-likeness (QED) is 0.706. The van der Waals surface area contributed by atoms with E-state index in [1.165, 1.54) is 0 Å². The van der Waals surface area contributed by atoms with E-state index in [1.54, 1.807) is 48.5 Å². The van der Waals surface area contributed by atoms with Crippen molar-refractivity contribution in [1.82, 2.24) is 9.55 Å². The first-order valence-electron chi connectivity index (χ1n) is 8.15. The number of rotatable bonds is 5. The molecule has 0 saturated carbocycles. The minimum Gasteiger partial charge on any atom is -0.494 e. The van der Waals surface area contributed by atoms with Crippen molar-refractivity contribution in [1.29, 1.82) is 0 Å². The fraction of sp³-hybridized carbons (Fsp3) is 0.105. The second-order valence-electron chi connectivity index (χ2n) is 5.51. The predicted octanol–water partition coefficient (Wildman–Crippen LogP) is 2.83. The Bertz CT molecular complexity index is 1090. The van der Waals surface area contributed by atoms with Gasteiger partial charge in [0.25, 0.3) is 11.5 Å².